The number of aromatic nitrogens is 2. The van der Waals surface area contributed by atoms with Crippen LogP contribution in [0.2, 0.25) is 5.02 Å². The molecule has 0 aliphatic heterocycles. The van der Waals surface area contributed by atoms with Gasteiger partial charge in [-0.05, 0) is 25.1 Å². The van der Waals surface area contributed by atoms with Gasteiger partial charge < -0.3 is 15.8 Å². The lowest BCUT2D eigenvalue weighted by atomic mass is 10.0. The Morgan fingerprint density at radius 1 is 1.29 bits per heavy atom. The molecular formula is C17H16ClFN4O. The minimum Gasteiger partial charge on any atom is -0.496 e. The van der Waals surface area contributed by atoms with Crippen molar-refractivity contribution in [1.29, 1.82) is 0 Å². The molecule has 7 heteroatoms. The second kappa shape index (κ2) is 6.59. The van der Waals surface area contributed by atoms with Gasteiger partial charge in [0.25, 0.3) is 0 Å². The monoisotopic (exact) mass is 346 g/mol. The van der Waals surface area contributed by atoms with Crippen LogP contribution < -0.4 is 15.8 Å². The number of methoxy groups -OCH3 is 1. The minimum atomic E-state index is -0.535. The smallest absolute Gasteiger partial charge is 0.165 e. The van der Waals surface area contributed by atoms with Gasteiger partial charge in [-0.2, -0.15) is 0 Å². The molecule has 1 heterocycles. The fourth-order valence-corrected chi connectivity index (χ4v) is 2.64. The number of nitrogens with zero attached hydrogens (tertiary/aromatic N) is 2. The number of halogens is 2. The predicted molar refractivity (Wildman–Crippen MR) is 93.4 cm³/mol. The van der Waals surface area contributed by atoms with E-state index >= 15 is 0 Å². The van der Waals surface area contributed by atoms with E-state index in [4.69, 9.17) is 22.1 Å². The van der Waals surface area contributed by atoms with E-state index in [1.54, 1.807) is 25.3 Å². The highest BCUT2D eigenvalue weighted by molar-refractivity contribution is 6.31. The van der Waals surface area contributed by atoms with Crippen LogP contribution in [0.4, 0.5) is 15.9 Å². The van der Waals surface area contributed by atoms with Crippen LogP contribution in [0.5, 0.6) is 5.75 Å². The van der Waals surface area contributed by atoms with Crippen molar-refractivity contribution in [1.82, 2.24) is 9.97 Å². The van der Waals surface area contributed by atoms with E-state index in [1.165, 1.54) is 12.4 Å². The van der Waals surface area contributed by atoms with E-state index in [0.717, 1.165) is 5.56 Å². The molecule has 24 heavy (non-hydrogen) atoms. The summed E-state index contributed by atoms with van der Waals surface area (Å²) in [6, 6.07) is 8.14. The van der Waals surface area contributed by atoms with E-state index in [9.17, 15) is 4.39 Å². The molecule has 0 radical (unpaired) electrons. The third kappa shape index (κ3) is 2.98. The standard InChI is InChI=1S/C17H16ClFN4O/c1-9(20)10-6-11-14(7-15(10)24-2)21-8-22-17(11)23-13-5-3-4-12(18)16(13)19/h3-9H,20H2,1-2H3,(H,21,22,23). The Morgan fingerprint density at radius 3 is 2.79 bits per heavy atom. The number of anilines is 2. The van der Waals surface area contributed by atoms with Crippen molar-refractivity contribution in [2.75, 3.05) is 12.4 Å². The van der Waals surface area contributed by atoms with Gasteiger partial charge in [0.15, 0.2) is 5.82 Å². The van der Waals surface area contributed by atoms with Gasteiger partial charge in [0, 0.05) is 23.1 Å². The average Bonchev–Trinajstić information content (AvgIpc) is 2.58. The van der Waals surface area contributed by atoms with Crippen LogP contribution in [-0.4, -0.2) is 17.1 Å². The molecule has 5 nitrogen and oxygen atoms in total. The minimum absolute atomic E-state index is 0.0382. The van der Waals surface area contributed by atoms with Crippen molar-refractivity contribution >= 4 is 34.0 Å². The van der Waals surface area contributed by atoms with Crippen molar-refractivity contribution in [3.8, 4) is 5.75 Å². The summed E-state index contributed by atoms with van der Waals surface area (Å²) in [5, 5.41) is 3.72. The molecule has 0 fully saturated rings. The van der Waals surface area contributed by atoms with Crippen molar-refractivity contribution in [3.05, 3.63) is 53.1 Å². The first-order valence-electron chi connectivity index (χ1n) is 7.30. The number of ether oxygens (including phenoxy) is 1. The summed E-state index contributed by atoms with van der Waals surface area (Å²) in [5.41, 5.74) is 7.72. The van der Waals surface area contributed by atoms with E-state index in [0.29, 0.717) is 22.5 Å². The van der Waals surface area contributed by atoms with Gasteiger partial charge in [-0.15, -0.1) is 0 Å². The molecular weight excluding hydrogens is 331 g/mol. The molecule has 2 aromatic carbocycles. The molecule has 0 aliphatic rings. The van der Waals surface area contributed by atoms with Crippen LogP contribution in [0.15, 0.2) is 36.7 Å². The van der Waals surface area contributed by atoms with E-state index in [2.05, 4.69) is 15.3 Å². The van der Waals surface area contributed by atoms with Crippen molar-refractivity contribution in [3.63, 3.8) is 0 Å². The molecule has 1 aromatic heterocycles. The molecule has 0 bridgehead atoms. The molecule has 0 amide bonds. The van der Waals surface area contributed by atoms with Crippen molar-refractivity contribution < 1.29 is 9.13 Å². The number of nitrogens with two attached hydrogens (primary N) is 1. The first-order valence-corrected chi connectivity index (χ1v) is 7.68. The molecule has 1 atom stereocenters. The van der Waals surface area contributed by atoms with Gasteiger partial charge in [0.1, 0.15) is 17.9 Å². The maximum atomic E-state index is 14.1. The van der Waals surface area contributed by atoms with Crippen LogP contribution in [0.25, 0.3) is 10.9 Å². The predicted octanol–water partition coefficient (Wildman–Crippen LogP) is 4.19. The summed E-state index contributed by atoms with van der Waals surface area (Å²) in [5.74, 6) is 0.577. The molecule has 1 unspecified atom stereocenters. The Bertz CT molecular complexity index is 901. The van der Waals surface area contributed by atoms with E-state index in [1.807, 2.05) is 13.0 Å². The zero-order chi connectivity index (χ0) is 17.3. The van der Waals surface area contributed by atoms with Crippen LogP contribution in [0.1, 0.15) is 18.5 Å². The van der Waals surface area contributed by atoms with Gasteiger partial charge in [-0.25, -0.2) is 14.4 Å². The summed E-state index contributed by atoms with van der Waals surface area (Å²) in [6.45, 7) is 1.86. The van der Waals surface area contributed by atoms with Crippen LogP contribution in [0, 0.1) is 5.82 Å². The Balaban J connectivity index is 2.14. The Hall–Kier alpha value is -2.44. The number of rotatable bonds is 4. The number of fused-ring (bicyclic) bond motifs is 1. The summed E-state index contributed by atoms with van der Waals surface area (Å²) in [4.78, 5) is 8.46. The third-order valence-corrected chi connectivity index (χ3v) is 3.97. The Labute approximate surface area is 143 Å². The van der Waals surface area contributed by atoms with Gasteiger partial charge in [-0.3, -0.25) is 0 Å². The molecule has 3 aromatic rings. The number of hydrogen-bond acceptors (Lipinski definition) is 5. The summed E-state index contributed by atoms with van der Waals surface area (Å²) < 4.78 is 19.5. The maximum absolute atomic E-state index is 14.1. The van der Waals surface area contributed by atoms with Gasteiger partial charge in [0.2, 0.25) is 0 Å². The SMILES string of the molecule is COc1cc2ncnc(Nc3cccc(Cl)c3F)c2cc1C(C)N. The number of benzene rings is 2. The summed E-state index contributed by atoms with van der Waals surface area (Å²) in [6.07, 6.45) is 1.40. The quantitative estimate of drug-likeness (QED) is 0.740. The lowest BCUT2D eigenvalue weighted by Gasteiger charge is -2.15. The second-order valence-electron chi connectivity index (χ2n) is 5.35. The van der Waals surface area contributed by atoms with Crippen molar-refractivity contribution in [2.24, 2.45) is 5.73 Å². The van der Waals surface area contributed by atoms with E-state index in [-0.39, 0.29) is 16.8 Å². The molecule has 3 N–H and O–H groups in total. The second-order valence-corrected chi connectivity index (χ2v) is 5.76. The number of hydrogen-bond donors (Lipinski definition) is 2. The van der Waals surface area contributed by atoms with Crippen LogP contribution in [-0.2, 0) is 0 Å². The van der Waals surface area contributed by atoms with Gasteiger partial charge >= 0.3 is 0 Å². The summed E-state index contributed by atoms with van der Waals surface area (Å²) >= 11 is 5.82. The van der Waals surface area contributed by atoms with E-state index < -0.39 is 5.82 Å². The fourth-order valence-electron chi connectivity index (χ4n) is 2.46. The highest BCUT2D eigenvalue weighted by Gasteiger charge is 2.14. The third-order valence-electron chi connectivity index (χ3n) is 3.68. The molecule has 0 saturated heterocycles. The van der Waals surface area contributed by atoms with Gasteiger partial charge in [0.05, 0.1) is 23.3 Å². The number of nitrogens with one attached hydrogen (secondary N) is 1. The molecule has 0 aliphatic carbocycles. The fraction of sp³-hybridized carbons (Fsp3) is 0.176. The van der Waals surface area contributed by atoms with Gasteiger partial charge in [-0.1, -0.05) is 17.7 Å². The Morgan fingerprint density at radius 2 is 2.08 bits per heavy atom. The first-order chi connectivity index (χ1) is 11.5. The highest BCUT2D eigenvalue weighted by atomic mass is 35.5. The molecule has 0 spiro atoms. The molecule has 3 rings (SSSR count). The first kappa shape index (κ1) is 16.4. The normalized spacial score (nSPS) is 12.2. The summed E-state index contributed by atoms with van der Waals surface area (Å²) in [7, 11) is 1.58. The average molecular weight is 347 g/mol. The largest absolute Gasteiger partial charge is 0.496 e. The zero-order valence-electron chi connectivity index (χ0n) is 13.2. The lowest BCUT2D eigenvalue weighted by Crippen LogP contribution is -2.08. The Kier molecular flexibility index (Phi) is 4.51. The maximum Gasteiger partial charge on any atom is 0.165 e. The molecule has 124 valence electrons. The highest BCUT2D eigenvalue weighted by Crippen LogP contribution is 2.33. The molecule has 0 saturated carbocycles. The zero-order valence-corrected chi connectivity index (χ0v) is 13.9. The van der Waals surface area contributed by atoms with Crippen LogP contribution >= 0.6 is 11.6 Å². The topological polar surface area (TPSA) is 73.1 Å². The lowest BCUT2D eigenvalue weighted by molar-refractivity contribution is 0.407. The van der Waals surface area contributed by atoms with Crippen molar-refractivity contribution in [2.45, 2.75) is 13.0 Å². The van der Waals surface area contributed by atoms with Crippen LogP contribution in [0.3, 0.4) is 0 Å².